The molecule has 1 N–H and O–H groups in total. The lowest BCUT2D eigenvalue weighted by molar-refractivity contribution is 0.0464. The van der Waals surface area contributed by atoms with Gasteiger partial charge in [0.05, 0.1) is 0 Å². The number of para-hydroxylation sites is 1. The highest BCUT2D eigenvalue weighted by molar-refractivity contribution is 5.71. The van der Waals surface area contributed by atoms with E-state index in [9.17, 15) is 4.79 Å². The summed E-state index contributed by atoms with van der Waals surface area (Å²) >= 11 is 0. The van der Waals surface area contributed by atoms with Gasteiger partial charge in [0.1, 0.15) is 5.75 Å². The van der Waals surface area contributed by atoms with Crippen LogP contribution in [-0.4, -0.2) is 24.8 Å². The van der Waals surface area contributed by atoms with Crippen molar-refractivity contribution >= 4 is 6.09 Å². The minimum atomic E-state index is -0.402. The van der Waals surface area contributed by atoms with E-state index in [1.165, 1.54) is 0 Å². The maximum Gasteiger partial charge on any atom is 0.413 e. The van der Waals surface area contributed by atoms with Crippen molar-refractivity contribution in [2.45, 2.75) is 25.3 Å². The van der Waals surface area contributed by atoms with Gasteiger partial charge in [0.2, 0.25) is 0 Å². The predicted molar refractivity (Wildman–Crippen MR) is 64.1 cm³/mol. The number of hydrogen-bond acceptors (Lipinski definition) is 3. The molecule has 4 heteroatoms. The second-order valence-electron chi connectivity index (χ2n) is 4.50. The van der Waals surface area contributed by atoms with Gasteiger partial charge in [-0.3, -0.25) is 0 Å². The van der Waals surface area contributed by atoms with Crippen LogP contribution in [0.4, 0.5) is 4.79 Å². The van der Waals surface area contributed by atoms with E-state index in [1.807, 2.05) is 25.1 Å². The Labute approximate surface area is 101 Å². The van der Waals surface area contributed by atoms with Crippen molar-refractivity contribution in [1.29, 1.82) is 0 Å². The van der Waals surface area contributed by atoms with Gasteiger partial charge >= 0.3 is 6.09 Å². The summed E-state index contributed by atoms with van der Waals surface area (Å²) in [5, 5.41) is 2.90. The molecule has 1 heterocycles. The molecule has 92 valence electrons. The molecule has 1 saturated heterocycles. The Balaban J connectivity index is 1.88. The topological polar surface area (TPSA) is 47.6 Å². The zero-order chi connectivity index (χ0) is 12.1. The van der Waals surface area contributed by atoms with Crippen LogP contribution in [0.1, 0.15) is 19.8 Å². The quantitative estimate of drug-likeness (QED) is 0.856. The molecule has 1 fully saturated rings. The minimum Gasteiger partial charge on any atom is -0.410 e. The fourth-order valence-corrected chi connectivity index (χ4v) is 1.81. The molecule has 0 atom stereocenters. The van der Waals surface area contributed by atoms with Crippen molar-refractivity contribution in [2.75, 3.05) is 13.2 Å². The summed E-state index contributed by atoms with van der Waals surface area (Å²) in [6, 6.07) is 9.06. The van der Waals surface area contributed by atoms with E-state index in [0.717, 1.165) is 12.8 Å². The lowest BCUT2D eigenvalue weighted by Gasteiger charge is -2.33. The molecule has 0 unspecified atom stereocenters. The van der Waals surface area contributed by atoms with Gasteiger partial charge in [-0.25, -0.2) is 4.79 Å². The number of amides is 1. The molecule has 4 nitrogen and oxygen atoms in total. The maximum absolute atomic E-state index is 11.7. The van der Waals surface area contributed by atoms with Crippen molar-refractivity contribution in [2.24, 2.45) is 0 Å². The molecule has 1 aliphatic rings. The molecule has 0 bridgehead atoms. The zero-order valence-electron chi connectivity index (χ0n) is 9.94. The third-order valence-corrected chi connectivity index (χ3v) is 2.95. The molecular formula is C13H17NO3. The van der Waals surface area contributed by atoms with Gasteiger partial charge in [-0.05, 0) is 31.9 Å². The minimum absolute atomic E-state index is 0.218. The number of rotatable bonds is 2. The van der Waals surface area contributed by atoms with Gasteiger partial charge < -0.3 is 14.8 Å². The highest BCUT2D eigenvalue weighted by atomic mass is 16.6. The first kappa shape index (κ1) is 11.9. The van der Waals surface area contributed by atoms with E-state index in [0.29, 0.717) is 19.0 Å². The van der Waals surface area contributed by atoms with Crippen molar-refractivity contribution in [3.63, 3.8) is 0 Å². The molecule has 0 spiro atoms. The maximum atomic E-state index is 11.7. The highest BCUT2D eigenvalue weighted by Gasteiger charge is 2.29. The van der Waals surface area contributed by atoms with E-state index < -0.39 is 6.09 Å². The Bertz CT molecular complexity index is 372. The summed E-state index contributed by atoms with van der Waals surface area (Å²) in [6.45, 7) is 3.38. The van der Waals surface area contributed by atoms with Crippen molar-refractivity contribution < 1.29 is 14.3 Å². The first-order chi connectivity index (χ1) is 8.18. The van der Waals surface area contributed by atoms with Crippen molar-refractivity contribution in [3.8, 4) is 5.75 Å². The average Bonchev–Trinajstić information content (AvgIpc) is 2.30. The van der Waals surface area contributed by atoms with Crippen molar-refractivity contribution in [3.05, 3.63) is 30.3 Å². The largest absolute Gasteiger partial charge is 0.413 e. The molecule has 1 amide bonds. The Kier molecular flexibility index (Phi) is 3.64. The number of nitrogens with one attached hydrogen (secondary N) is 1. The van der Waals surface area contributed by atoms with Gasteiger partial charge in [0, 0.05) is 18.8 Å². The summed E-state index contributed by atoms with van der Waals surface area (Å²) < 4.78 is 10.5. The van der Waals surface area contributed by atoms with Crippen LogP contribution in [0.2, 0.25) is 0 Å². The lowest BCUT2D eigenvalue weighted by atomic mass is 9.93. The van der Waals surface area contributed by atoms with Crippen LogP contribution < -0.4 is 10.1 Å². The SMILES string of the molecule is CC1(NC(=O)Oc2ccccc2)CCOCC1. The number of carbonyl (C=O) groups is 1. The number of carbonyl (C=O) groups excluding carboxylic acids is 1. The first-order valence-corrected chi connectivity index (χ1v) is 5.81. The van der Waals surface area contributed by atoms with Gasteiger partial charge in [0.25, 0.3) is 0 Å². The fourth-order valence-electron chi connectivity index (χ4n) is 1.81. The van der Waals surface area contributed by atoms with Gasteiger partial charge in [-0.15, -0.1) is 0 Å². The lowest BCUT2D eigenvalue weighted by Crippen LogP contribution is -2.50. The molecule has 0 aromatic heterocycles. The first-order valence-electron chi connectivity index (χ1n) is 5.81. The molecule has 1 aromatic carbocycles. The van der Waals surface area contributed by atoms with Crippen molar-refractivity contribution in [1.82, 2.24) is 5.32 Å². The average molecular weight is 235 g/mol. The second-order valence-corrected chi connectivity index (χ2v) is 4.50. The smallest absolute Gasteiger partial charge is 0.410 e. The third kappa shape index (κ3) is 3.46. The number of benzene rings is 1. The van der Waals surface area contributed by atoms with E-state index >= 15 is 0 Å². The van der Waals surface area contributed by atoms with Crippen LogP contribution in [0.25, 0.3) is 0 Å². The normalized spacial score (nSPS) is 18.4. The van der Waals surface area contributed by atoms with Crippen LogP contribution >= 0.6 is 0 Å². The Morgan fingerprint density at radius 2 is 1.94 bits per heavy atom. The zero-order valence-corrected chi connectivity index (χ0v) is 9.94. The van der Waals surface area contributed by atoms with Gasteiger partial charge in [-0.1, -0.05) is 18.2 Å². The third-order valence-electron chi connectivity index (χ3n) is 2.95. The Morgan fingerprint density at radius 3 is 2.59 bits per heavy atom. The summed E-state index contributed by atoms with van der Waals surface area (Å²) in [6.07, 6.45) is 1.23. The monoisotopic (exact) mass is 235 g/mol. The highest BCUT2D eigenvalue weighted by Crippen LogP contribution is 2.20. The molecule has 1 aromatic rings. The summed E-state index contributed by atoms with van der Waals surface area (Å²) in [7, 11) is 0. The van der Waals surface area contributed by atoms with Crippen LogP contribution in [-0.2, 0) is 4.74 Å². The summed E-state index contributed by atoms with van der Waals surface area (Å²) in [5.41, 5.74) is -0.218. The Morgan fingerprint density at radius 1 is 1.29 bits per heavy atom. The Hall–Kier alpha value is -1.55. The van der Waals surface area contributed by atoms with Gasteiger partial charge in [0.15, 0.2) is 0 Å². The predicted octanol–water partition coefficient (Wildman–Crippen LogP) is 2.34. The van der Waals surface area contributed by atoms with E-state index in [1.54, 1.807) is 12.1 Å². The molecule has 0 saturated carbocycles. The molecular weight excluding hydrogens is 218 g/mol. The van der Waals surface area contributed by atoms with E-state index in [2.05, 4.69) is 5.32 Å². The van der Waals surface area contributed by atoms with E-state index in [-0.39, 0.29) is 5.54 Å². The fraction of sp³-hybridized carbons (Fsp3) is 0.462. The van der Waals surface area contributed by atoms with Crippen LogP contribution in [0.3, 0.4) is 0 Å². The number of ether oxygens (including phenoxy) is 2. The standard InChI is InChI=1S/C13H17NO3/c1-13(7-9-16-10-8-13)14-12(15)17-11-5-3-2-4-6-11/h2-6H,7-10H2,1H3,(H,14,15). The molecule has 2 rings (SSSR count). The van der Waals surface area contributed by atoms with Gasteiger partial charge in [-0.2, -0.15) is 0 Å². The van der Waals surface area contributed by atoms with E-state index in [4.69, 9.17) is 9.47 Å². The number of hydrogen-bond donors (Lipinski definition) is 1. The molecule has 17 heavy (non-hydrogen) atoms. The molecule has 0 radical (unpaired) electrons. The van der Waals surface area contributed by atoms with Crippen LogP contribution in [0, 0.1) is 0 Å². The van der Waals surface area contributed by atoms with Crippen LogP contribution in [0.15, 0.2) is 30.3 Å². The van der Waals surface area contributed by atoms with Crippen LogP contribution in [0.5, 0.6) is 5.75 Å². The molecule has 0 aliphatic carbocycles. The summed E-state index contributed by atoms with van der Waals surface area (Å²) in [4.78, 5) is 11.7. The summed E-state index contributed by atoms with van der Waals surface area (Å²) in [5.74, 6) is 0.556. The second kappa shape index (κ2) is 5.19. The molecule has 1 aliphatic heterocycles.